The zero-order chi connectivity index (χ0) is 20.1. The molecule has 2 atom stereocenters. The topological polar surface area (TPSA) is 30.9 Å². The Kier molecular flexibility index (Phi) is 6.91. The summed E-state index contributed by atoms with van der Waals surface area (Å²) in [7, 11) is 1.71. The Morgan fingerprint density at radius 3 is 2.59 bits per heavy atom. The van der Waals surface area contributed by atoms with Gasteiger partial charge in [-0.25, -0.2) is 0 Å². The van der Waals surface area contributed by atoms with E-state index in [1.807, 2.05) is 0 Å². The fraction of sp³-hybridized carbons (Fsp3) is 0.296. The molecule has 0 unspecified atom stereocenters. The van der Waals surface area contributed by atoms with Gasteiger partial charge in [0.05, 0.1) is 7.11 Å². The average molecular weight is 652 g/mol. The van der Waals surface area contributed by atoms with E-state index < -0.39 is 0 Å². The molecule has 5 heteroatoms. The summed E-state index contributed by atoms with van der Waals surface area (Å²) in [5, 5.41) is 0. The van der Waals surface area contributed by atoms with E-state index in [9.17, 15) is 0 Å². The van der Waals surface area contributed by atoms with Crippen LogP contribution in [0, 0.1) is 44.6 Å². The van der Waals surface area contributed by atoms with Crippen molar-refractivity contribution in [3.05, 3.63) is 95.9 Å². The zero-order valence-electron chi connectivity index (χ0n) is 18.6. The van der Waals surface area contributed by atoms with Gasteiger partial charge in [0.2, 0.25) is 6.79 Å². The Morgan fingerprint density at radius 2 is 1.81 bits per heavy atom. The second-order valence-electron chi connectivity index (χ2n) is 8.33. The van der Waals surface area contributed by atoms with Crippen LogP contribution in [0.3, 0.4) is 0 Å². The second-order valence-corrected chi connectivity index (χ2v) is 8.33. The smallest absolute Gasteiger partial charge is 0.523 e. The van der Waals surface area contributed by atoms with Crippen molar-refractivity contribution in [2.45, 2.75) is 31.3 Å². The Bertz CT molecular complexity index is 1100. The fourth-order valence-corrected chi connectivity index (χ4v) is 5.33. The Hall–Kier alpha value is -1.93. The van der Waals surface area contributed by atoms with Gasteiger partial charge in [-0.05, 0) is 47.6 Å². The molecule has 0 spiro atoms. The average Bonchev–Trinajstić information content (AvgIpc) is 3.25. The Balaban J connectivity index is 0.00000122. The Labute approximate surface area is 214 Å². The number of ether oxygens (including phenoxy) is 3. The minimum absolute atomic E-state index is 0. The minimum atomic E-state index is 0. The minimum Gasteiger partial charge on any atom is -0.523 e. The van der Waals surface area contributed by atoms with Crippen molar-refractivity contribution in [3.8, 4) is 17.2 Å². The molecule has 3 heterocycles. The third kappa shape index (κ3) is 3.96. The first-order chi connectivity index (χ1) is 14.8. The van der Waals surface area contributed by atoms with Crippen LogP contribution in [0.2, 0.25) is 0 Å². The molecule has 6 rings (SSSR count). The molecule has 0 saturated heterocycles. The predicted octanol–water partition coefficient (Wildman–Crippen LogP) is 5.11. The number of hydrogen-bond donors (Lipinski definition) is 0. The fourth-order valence-electron chi connectivity index (χ4n) is 5.33. The van der Waals surface area contributed by atoms with Gasteiger partial charge in [-0.3, -0.25) is 4.90 Å². The molecule has 3 aromatic carbocycles. The molecule has 3 aromatic rings. The molecule has 4 nitrogen and oxygen atoms in total. The van der Waals surface area contributed by atoms with E-state index in [0.717, 1.165) is 43.2 Å². The van der Waals surface area contributed by atoms with E-state index >= 15 is 0 Å². The van der Waals surface area contributed by atoms with Gasteiger partial charge in [0.15, 0.2) is 11.5 Å². The van der Waals surface area contributed by atoms with Crippen LogP contribution >= 0.6 is 0 Å². The van der Waals surface area contributed by atoms with Crippen molar-refractivity contribution < 1.29 is 45.3 Å². The molecule has 0 fully saturated rings. The van der Waals surface area contributed by atoms with Gasteiger partial charge >= 0.3 is 31.1 Å². The summed E-state index contributed by atoms with van der Waals surface area (Å²) in [5.74, 6) is 2.92. The molecule has 32 heavy (non-hydrogen) atoms. The molecule has 0 radical (unpaired) electrons. The summed E-state index contributed by atoms with van der Waals surface area (Å²) < 4.78 is 16.9. The van der Waals surface area contributed by atoms with Gasteiger partial charge < -0.3 is 21.6 Å². The summed E-state index contributed by atoms with van der Waals surface area (Å²) in [6, 6.07) is 23.4. The van der Waals surface area contributed by atoms with Crippen LogP contribution in [0.4, 0.5) is 0 Å². The number of hydrogen-bond acceptors (Lipinski definition) is 4. The van der Waals surface area contributed by atoms with Gasteiger partial charge in [0.25, 0.3) is 0 Å². The van der Waals surface area contributed by atoms with Crippen LogP contribution in [-0.2, 0) is 19.4 Å². The standard InChI is InChI=1S/C26H24NO3.CH3.U/c1-28-20-7-8-21-19(12-20)15-27-10-9-18-13-24-25(30-16-29-24)14-22(18)26(27)23(21)11-17-5-3-2-4-6-17;;/h2-8,13-14,23,26H,9-11,15-16H2,1H3;1H3;/q2*-1;+2/t23-,26-;;/m1../s1. The molecular weight excluding hydrogens is 624 g/mol. The first-order valence-electron chi connectivity index (χ1n) is 10.6. The molecule has 162 valence electrons. The predicted molar refractivity (Wildman–Crippen MR) is 121 cm³/mol. The molecular formula is C27H27NO3U. The van der Waals surface area contributed by atoms with Crippen molar-refractivity contribution in [1.82, 2.24) is 4.90 Å². The maximum atomic E-state index is 5.73. The number of fused-ring (bicyclic) bond motifs is 5. The van der Waals surface area contributed by atoms with E-state index in [4.69, 9.17) is 14.2 Å². The molecule has 0 bridgehead atoms. The quantitative estimate of drug-likeness (QED) is 0.369. The molecule has 0 amide bonds. The maximum Gasteiger partial charge on any atom is 2.00 e. The van der Waals surface area contributed by atoms with E-state index in [0.29, 0.717) is 18.8 Å². The molecule has 0 saturated carbocycles. The summed E-state index contributed by atoms with van der Waals surface area (Å²) in [5.41, 5.74) is 6.77. The van der Waals surface area contributed by atoms with Crippen LogP contribution in [0.5, 0.6) is 17.2 Å². The summed E-state index contributed by atoms with van der Waals surface area (Å²) in [6.07, 6.45) is 2.02. The molecule has 3 aliphatic rings. The van der Waals surface area contributed by atoms with Crippen LogP contribution in [0.1, 0.15) is 39.8 Å². The van der Waals surface area contributed by atoms with Crippen molar-refractivity contribution >= 4 is 0 Å². The van der Waals surface area contributed by atoms with Gasteiger partial charge in [-0.1, -0.05) is 30.3 Å². The van der Waals surface area contributed by atoms with E-state index in [1.54, 1.807) is 7.11 Å². The molecule has 0 aromatic heterocycles. The third-order valence-corrected chi connectivity index (χ3v) is 6.71. The van der Waals surface area contributed by atoms with Crippen molar-refractivity contribution in [3.63, 3.8) is 0 Å². The van der Waals surface area contributed by atoms with Crippen molar-refractivity contribution in [1.29, 1.82) is 0 Å². The van der Waals surface area contributed by atoms with E-state index in [-0.39, 0.29) is 38.5 Å². The van der Waals surface area contributed by atoms with Crippen molar-refractivity contribution in [2.75, 3.05) is 20.4 Å². The molecule has 3 aliphatic heterocycles. The number of benzene rings is 3. The van der Waals surface area contributed by atoms with Crippen LogP contribution in [0.15, 0.2) is 54.6 Å². The number of nitrogens with zero attached hydrogens (tertiary/aromatic N) is 1. The monoisotopic (exact) mass is 651 g/mol. The van der Waals surface area contributed by atoms with Crippen molar-refractivity contribution in [2.24, 2.45) is 0 Å². The zero-order valence-corrected chi connectivity index (χ0v) is 22.7. The largest absolute Gasteiger partial charge is 2.00 e. The summed E-state index contributed by atoms with van der Waals surface area (Å²) in [4.78, 5) is 2.61. The number of methoxy groups -OCH3 is 1. The summed E-state index contributed by atoms with van der Waals surface area (Å²) >= 11 is 0. The third-order valence-electron chi connectivity index (χ3n) is 6.71. The van der Waals surface area contributed by atoms with Crippen LogP contribution in [0.25, 0.3) is 0 Å². The SMILES string of the molecule is COc1[c-]c2c(cc1)[C@@H](Cc1ccccc1)[C@H]1c3cc4c(cc3CCN1C2)OCO4.[CH3-].[U+2]. The van der Waals surface area contributed by atoms with Gasteiger partial charge in [-0.15, -0.1) is 23.3 Å². The van der Waals surface area contributed by atoms with Gasteiger partial charge in [-0.2, -0.15) is 6.07 Å². The summed E-state index contributed by atoms with van der Waals surface area (Å²) in [6.45, 7) is 2.25. The maximum absolute atomic E-state index is 5.73. The van der Waals surface area contributed by atoms with Gasteiger partial charge in [0.1, 0.15) is 0 Å². The van der Waals surface area contributed by atoms with E-state index in [2.05, 4.69) is 65.6 Å². The van der Waals surface area contributed by atoms with Crippen LogP contribution < -0.4 is 14.2 Å². The number of rotatable bonds is 3. The molecule has 0 N–H and O–H groups in total. The molecule has 0 aliphatic carbocycles. The normalized spacial score (nSPS) is 20.2. The second kappa shape index (κ2) is 9.51. The first kappa shape index (κ1) is 23.2. The van der Waals surface area contributed by atoms with Crippen LogP contribution in [-0.4, -0.2) is 25.3 Å². The van der Waals surface area contributed by atoms with E-state index in [1.165, 1.54) is 27.8 Å². The Morgan fingerprint density at radius 1 is 1.03 bits per heavy atom. The van der Waals surface area contributed by atoms with Gasteiger partial charge in [0, 0.05) is 24.9 Å². The first-order valence-corrected chi connectivity index (χ1v) is 10.6.